The van der Waals surface area contributed by atoms with Crippen molar-refractivity contribution in [3.8, 4) is 0 Å². The van der Waals surface area contributed by atoms with Crippen molar-refractivity contribution in [2.45, 2.75) is 52.0 Å². The molecule has 0 bridgehead atoms. The maximum absolute atomic E-state index is 11.7. The van der Waals surface area contributed by atoms with Crippen molar-refractivity contribution in [3.63, 3.8) is 0 Å². The van der Waals surface area contributed by atoms with Gasteiger partial charge in [0.2, 0.25) is 5.89 Å². The van der Waals surface area contributed by atoms with E-state index in [1.165, 1.54) is 0 Å². The SMILES string of the molecule is CC(C)(C)c1nc(CN2C[C@@H]3CCC[C@@]3(C(=O)O)C2)no1.Cl. The lowest BCUT2D eigenvalue weighted by atomic mass is 9.81. The smallest absolute Gasteiger partial charge is 0.311 e. The monoisotopic (exact) mass is 329 g/mol. The Balaban J connectivity index is 0.00000176. The number of carboxylic acid groups (broad SMARTS) is 1. The number of carboxylic acids is 1. The first-order chi connectivity index (χ1) is 9.81. The Kier molecular flexibility index (Phi) is 4.55. The zero-order valence-electron chi connectivity index (χ0n) is 13.3. The number of rotatable bonds is 3. The summed E-state index contributed by atoms with van der Waals surface area (Å²) in [6.07, 6.45) is 2.84. The van der Waals surface area contributed by atoms with Crippen LogP contribution in [0.2, 0.25) is 0 Å². The molecule has 22 heavy (non-hydrogen) atoms. The summed E-state index contributed by atoms with van der Waals surface area (Å²) in [5, 5.41) is 13.6. The fourth-order valence-electron chi connectivity index (χ4n) is 3.69. The molecular weight excluding hydrogens is 306 g/mol. The van der Waals surface area contributed by atoms with E-state index >= 15 is 0 Å². The molecule has 1 aromatic rings. The van der Waals surface area contributed by atoms with Gasteiger partial charge in [-0.1, -0.05) is 32.3 Å². The summed E-state index contributed by atoms with van der Waals surface area (Å²) < 4.78 is 5.30. The van der Waals surface area contributed by atoms with Crippen molar-refractivity contribution in [2.75, 3.05) is 13.1 Å². The molecule has 1 saturated carbocycles. The number of fused-ring (bicyclic) bond motifs is 1. The van der Waals surface area contributed by atoms with Crippen molar-refractivity contribution in [1.29, 1.82) is 0 Å². The van der Waals surface area contributed by atoms with Crippen LogP contribution in [-0.4, -0.2) is 39.2 Å². The average molecular weight is 330 g/mol. The van der Waals surface area contributed by atoms with E-state index in [1.807, 2.05) is 20.8 Å². The Morgan fingerprint density at radius 3 is 2.77 bits per heavy atom. The highest BCUT2D eigenvalue weighted by molar-refractivity contribution is 5.85. The van der Waals surface area contributed by atoms with Crippen molar-refractivity contribution >= 4 is 18.4 Å². The van der Waals surface area contributed by atoms with Gasteiger partial charge in [-0.05, 0) is 18.8 Å². The van der Waals surface area contributed by atoms with Gasteiger partial charge >= 0.3 is 5.97 Å². The topological polar surface area (TPSA) is 79.5 Å². The van der Waals surface area contributed by atoms with Crippen LogP contribution in [0.1, 0.15) is 51.7 Å². The number of halogens is 1. The molecule has 3 rings (SSSR count). The minimum atomic E-state index is -0.643. The van der Waals surface area contributed by atoms with Crippen LogP contribution in [0.3, 0.4) is 0 Å². The maximum atomic E-state index is 11.7. The highest BCUT2D eigenvalue weighted by Crippen LogP contribution is 2.49. The lowest BCUT2D eigenvalue weighted by molar-refractivity contribution is -0.149. The van der Waals surface area contributed by atoms with Gasteiger partial charge in [0, 0.05) is 18.5 Å². The molecule has 1 N–H and O–H groups in total. The van der Waals surface area contributed by atoms with E-state index in [1.54, 1.807) is 0 Å². The van der Waals surface area contributed by atoms with E-state index < -0.39 is 11.4 Å². The van der Waals surface area contributed by atoms with Crippen molar-refractivity contribution in [1.82, 2.24) is 15.0 Å². The third kappa shape index (κ3) is 2.86. The molecule has 0 unspecified atom stereocenters. The Bertz CT molecular complexity index is 554. The largest absolute Gasteiger partial charge is 0.481 e. The van der Waals surface area contributed by atoms with Crippen LogP contribution in [0, 0.1) is 11.3 Å². The number of aliphatic carboxylic acids is 1. The van der Waals surface area contributed by atoms with Gasteiger partial charge in [-0.3, -0.25) is 9.69 Å². The van der Waals surface area contributed by atoms with Gasteiger partial charge in [-0.25, -0.2) is 0 Å². The molecule has 0 amide bonds. The summed E-state index contributed by atoms with van der Waals surface area (Å²) in [5.74, 6) is 0.908. The maximum Gasteiger partial charge on any atom is 0.311 e. The number of hydrogen-bond donors (Lipinski definition) is 1. The van der Waals surface area contributed by atoms with E-state index in [9.17, 15) is 9.90 Å². The Hall–Kier alpha value is -1.14. The quantitative estimate of drug-likeness (QED) is 0.917. The summed E-state index contributed by atoms with van der Waals surface area (Å²) in [4.78, 5) is 18.3. The standard InChI is InChI=1S/C15H23N3O3.ClH/c1-14(2,3)12-16-11(17-21-12)8-18-7-10-5-4-6-15(10,9-18)13(19)20;/h10H,4-9H2,1-3H3,(H,19,20);1H/t10-,15+;/m0./s1. The van der Waals surface area contributed by atoms with E-state index in [0.29, 0.717) is 24.8 Å². The molecular formula is C15H24ClN3O3. The summed E-state index contributed by atoms with van der Waals surface area (Å²) >= 11 is 0. The summed E-state index contributed by atoms with van der Waals surface area (Å²) in [6, 6.07) is 0. The Morgan fingerprint density at radius 1 is 1.50 bits per heavy atom. The van der Waals surface area contributed by atoms with Gasteiger partial charge < -0.3 is 9.63 Å². The van der Waals surface area contributed by atoms with Crippen molar-refractivity contribution in [3.05, 3.63) is 11.7 Å². The predicted molar refractivity (Wildman–Crippen MR) is 82.9 cm³/mol. The molecule has 0 spiro atoms. The van der Waals surface area contributed by atoms with E-state index in [4.69, 9.17) is 4.52 Å². The highest BCUT2D eigenvalue weighted by atomic mass is 35.5. The summed E-state index contributed by atoms with van der Waals surface area (Å²) in [5.41, 5.74) is -0.703. The molecule has 0 radical (unpaired) electrons. The minimum absolute atomic E-state index is 0. The number of carbonyl (C=O) groups is 1. The number of aromatic nitrogens is 2. The van der Waals surface area contributed by atoms with Crippen LogP contribution in [-0.2, 0) is 16.8 Å². The van der Waals surface area contributed by atoms with Gasteiger partial charge in [-0.15, -0.1) is 12.4 Å². The van der Waals surface area contributed by atoms with E-state index in [0.717, 1.165) is 25.8 Å². The first-order valence-electron chi connectivity index (χ1n) is 7.60. The number of nitrogens with zero attached hydrogens (tertiary/aromatic N) is 3. The third-order valence-corrected chi connectivity index (χ3v) is 4.84. The lowest BCUT2D eigenvalue weighted by Crippen LogP contribution is -2.35. The molecule has 2 aliphatic rings. The molecule has 2 atom stereocenters. The van der Waals surface area contributed by atoms with E-state index in [2.05, 4.69) is 15.0 Å². The normalized spacial score (nSPS) is 28.4. The molecule has 2 fully saturated rings. The van der Waals surface area contributed by atoms with Crippen LogP contribution in [0.5, 0.6) is 0 Å². The minimum Gasteiger partial charge on any atom is -0.481 e. The first kappa shape index (κ1) is 17.2. The van der Waals surface area contributed by atoms with Crippen LogP contribution in [0.4, 0.5) is 0 Å². The van der Waals surface area contributed by atoms with Crippen LogP contribution in [0.15, 0.2) is 4.52 Å². The molecule has 1 saturated heterocycles. The molecule has 6 nitrogen and oxygen atoms in total. The van der Waals surface area contributed by atoms with Crippen molar-refractivity contribution in [2.24, 2.45) is 11.3 Å². The fourth-order valence-corrected chi connectivity index (χ4v) is 3.69. The van der Waals surface area contributed by atoms with Gasteiger partial charge in [0.05, 0.1) is 12.0 Å². The first-order valence-corrected chi connectivity index (χ1v) is 7.60. The van der Waals surface area contributed by atoms with Gasteiger partial charge in [0.25, 0.3) is 0 Å². The molecule has 124 valence electrons. The van der Waals surface area contributed by atoms with Crippen LogP contribution in [0.25, 0.3) is 0 Å². The van der Waals surface area contributed by atoms with E-state index in [-0.39, 0.29) is 23.7 Å². The Morgan fingerprint density at radius 2 is 2.23 bits per heavy atom. The van der Waals surface area contributed by atoms with Gasteiger partial charge in [-0.2, -0.15) is 4.98 Å². The lowest BCUT2D eigenvalue weighted by Gasteiger charge is -2.23. The molecule has 1 aromatic heterocycles. The average Bonchev–Trinajstić information content (AvgIpc) is 3.01. The fraction of sp³-hybridized carbons (Fsp3) is 0.800. The molecule has 1 aliphatic heterocycles. The zero-order valence-corrected chi connectivity index (χ0v) is 14.2. The third-order valence-electron chi connectivity index (χ3n) is 4.84. The second kappa shape index (κ2) is 5.81. The number of likely N-dealkylation sites (tertiary alicyclic amines) is 1. The highest BCUT2D eigenvalue weighted by Gasteiger charge is 2.54. The van der Waals surface area contributed by atoms with Crippen molar-refractivity contribution < 1.29 is 14.4 Å². The summed E-state index contributed by atoms with van der Waals surface area (Å²) in [7, 11) is 0. The van der Waals surface area contributed by atoms with Crippen LogP contribution >= 0.6 is 12.4 Å². The number of hydrogen-bond acceptors (Lipinski definition) is 5. The Labute approximate surface area is 136 Å². The summed E-state index contributed by atoms with van der Waals surface area (Å²) in [6.45, 7) is 8.10. The molecule has 2 heterocycles. The second-order valence-corrected chi connectivity index (χ2v) is 7.49. The molecule has 1 aliphatic carbocycles. The zero-order chi connectivity index (χ0) is 15.3. The predicted octanol–water partition coefficient (Wildman–Crippen LogP) is 2.48. The second-order valence-electron chi connectivity index (χ2n) is 7.49. The molecule has 0 aromatic carbocycles. The van der Waals surface area contributed by atoms with Gasteiger partial charge in [0.1, 0.15) is 0 Å². The van der Waals surface area contributed by atoms with Gasteiger partial charge in [0.15, 0.2) is 5.82 Å². The van der Waals surface area contributed by atoms with Crippen LogP contribution < -0.4 is 0 Å². The molecule has 7 heteroatoms.